The van der Waals surface area contributed by atoms with Gasteiger partial charge >= 0.3 is 5.97 Å². The second-order valence-corrected chi connectivity index (χ2v) is 5.76. The molecule has 1 saturated heterocycles. The predicted molar refractivity (Wildman–Crippen MR) is 76.4 cm³/mol. The molecule has 0 saturated carbocycles. The van der Waals surface area contributed by atoms with Gasteiger partial charge in [0.1, 0.15) is 29.8 Å². The van der Waals surface area contributed by atoms with Crippen LogP contribution in [0.15, 0.2) is 30.3 Å². The maximum absolute atomic E-state index is 11.9. The fourth-order valence-electron chi connectivity index (χ4n) is 2.82. The minimum atomic E-state index is -2.77. The number of hydrogen-bond acceptors (Lipinski definition) is 7. The quantitative estimate of drug-likeness (QED) is 0.379. The van der Waals surface area contributed by atoms with Gasteiger partial charge in [-0.05, 0) is 12.5 Å². The average molecular weight is 328 g/mol. The van der Waals surface area contributed by atoms with E-state index in [1.54, 1.807) is 18.2 Å². The van der Waals surface area contributed by atoms with Crippen LogP contribution in [0.2, 0.25) is 0 Å². The van der Waals surface area contributed by atoms with Gasteiger partial charge in [-0.25, -0.2) is 0 Å². The zero-order chi connectivity index (χ0) is 17.4. The van der Waals surface area contributed by atoms with Gasteiger partial charge in [-0.3, -0.25) is 4.79 Å². The highest BCUT2D eigenvalue weighted by Crippen LogP contribution is 2.43. The maximum Gasteiger partial charge on any atom is 0.319 e. The highest BCUT2D eigenvalue weighted by molar-refractivity contribution is 5.82. The van der Waals surface area contributed by atoms with Crippen molar-refractivity contribution in [2.45, 2.75) is 42.5 Å². The molecule has 2 rings (SSSR count). The number of carboxylic acids is 1. The lowest BCUT2D eigenvalue weighted by Crippen LogP contribution is -2.73. The lowest BCUT2D eigenvalue weighted by molar-refractivity contribution is -0.369. The summed E-state index contributed by atoms with van der Waals surface area (Å²) in [5.74, 6) is -4.28. The Morgan fingerprint density at radius 1 is 1.22 bits per heavy atom. The highest BCUT2D eigenvalue weighted by Gasteiger charge is 2.65. The highest BCUT2D eigenvalue weighted by atomic mass is 16.7. The Kier molecular flexibility index (Phi) is 4.76. The molecule has 23 heavy (non-hydrogen) atoms. The third-order valence-corrected chi connectivity index (χ3v) is 4.46. The van der Waals surface area contributed by atoms with Crippen molar-refractivity contribution in [3.05, 3.63) is 35.9 Å². The van der Waals surface area contributed by atoms with E-state index in [4.69, 9.17) is 4.74 Å². The second kappa shape index (κ2) is 6.16. The first-order chi connectivity index (χ1) is 10.7. The van der Waals surface area contributed by atoms with Gasteiger partial charge in [0.25, 0.3) is 0 Å². The van der Waals surface area contributed by atoms with E-state index >= 15 is 0 Å². The third-order valence-electron chi connectivity index (χ3n) is 4.46. The summed E-state index contributed by atoms with van der Waals surface area (Å²) in [6, 6.07) is 7.58. The van der Waals surface area contributed by atoms with Crippen LogP contribution in [-0.4, -0.2) is 73.4 Å². The van der Waals surface area contributed by atoms with Gasteiger partial charge in [-0.2, -0.15) is 0 Å². The number of hydrogen-bond donors (Lipinski definition) is 6. The summed E-state index contributed by atoms with van der Waals surface area (Å²) in [5, 5.41) is 59.6. The third kappa shape index (κ3) is 2.53. The standard InChI is InChI=1S/C15H20O8/c1-14(13(20)21,8-5-3-2-4-6-8)15(22)12(19)11(18)10(17)9(7-16)23-15/h2-6,9-12,16-19,22H,7H2,1H3,(H,20,21)/t9-,10-,11+,12-,14?,15?/m1/s1. The van der Waals surface area contributed by atoms with Crippen molar-refractivity contribution in [3.63, 3.8) is 0 Å². The first-order valence-corrected chi connectivity index (χ1v) is 7.04. The van der Waals surface area contributed by atoms with Crippen LogP contribution >= 0.6 is 0 Å². The Bertz CT molecular complexity index is 562. The molecule has 6 atom stereocenters. The number of carbonyl (C=O) groups is 1. The molecule has 0 aromatic heterocycles. The molecule has 1 aliphatic heterocycles. The minimum absolute atomic E-state index is 0.120. The number of carboxylic acid groups (broad SMARTS) is 1. The molecule has 0 radical (unpaired) electrons. The largest absolute Gasteiger partial charge is 0.480 e. The first kappa shape index (κ1) is 17.8. The molecule has 1 fully saturated rings. The lowest BCUT2D eigenvalue weighted by atomic mass is 9.69. The van der Waals surface area contributed by atoms with Gasteiger partial charge in [0.2, 0.25) is 5.79 Å². The topological polar surface area (TPSA) is 148 Å². The van der Waals surface area contributed by atoms with Crippen LogP contribution in [0, 0.1) is 0 Å². The molecule has 2 unspecified atom stereocenters. The molecule has 1 aromatic rings. The summed E-state index contributed by atoms with van der Waals surface area (Å²) < 4.78 is 5.16. The Morgan fingerprint density at radius 3 is 2.26 bits per heavy atom. The lowest BCUT2D eigenvalue weighted by Gasteiger charge is -2.51. The average Bonchev–Trinajstić information content (AvgIpc) is 2.56. The number of aliphatic carboxylic acids is 1. The van der Waals surface area contributed by atoms with Gasteiger partial charge in [0, 0.05) is 0 Å². The van der Waals surface area contributed by atoms with E-state index in [-0.39, 0.29) is 5.56 Å². The first-order valence-electron chi connectivity index (χ1n) is 7.04. The number of benzene rings is 1. The van der Waals surface area contributed by atoms with Crippen molar-refractivity contribution in [2.24, 2.45) is 0 Å². The van der Waals surface area contributed by atoms with Gasteiger partial charge in [-0.1, -0.05) is 30.3 Å². The smallest absolute Gasteiger partial charge is 0.319 e. The van der Waals surface area contributed by atoms with E-state index in [1.807, 2.05) is 0 Å². The van der Waals surface area contributed by atoms with E-state index in [0.29, 0.717) is 0 Å². The van der Waals surface area contributed by atoms with E-state index in [0.717, 1.165) is 6.92 Å². The molecule has 1 aromatic carbocycles. The molecular weight excluding hydrogens is 308 g/mol. The summed E-state index contributed by atoms with van der Waals surface area (Å²) in [6.45, 7) is 0.352. The minimum Gasteiger partial charge on any atom is -0.480 e. The fourth-order valence-corrected chi connectivity index (χ4v) is 2.82. The summed E-state index contributed by atoms with van der Waals surface area (Å²) >= 11 is 0. The Morgan fingerprint density at radius 2 is 1.78 bits per heavy atom. The van der Waals surface area contributed by atoms with Crippen LogP contribution in [0.25, 0.3) is 0 Å². The summed E-state index contributed by atoms with van der Waals surface area (Å²) in [7, 11) is 0. The van der Waals surface area contributed by atoms with E-state index in [1.165, 1.54) is 12.1 Å². The number of aliphatic hydroxyl groups excluding tert-OH is 4. The maximum atomic E-state index is 11.9. The number of ether oxygens (including phenoxy) is 1. The zero-order valence-electron chi connectivity index (χ0n) is 12.4. The van der Waals surface area contributed by atoms with Crippen LogP contribution in [0.5, 0.6) is 0 Å². The summed E-state index contributed by atoms with van der Waals surface area (Å²) in [5.41, 5.74) is -2.04. The summed E-state index contributed by atoms with van der Waals surface area (Å²) in [6.07, 6.45) is -7.14. The molecule has 1 aliphatic rings. The van der Waals surface area contributed by atoms with E-state index in [2.05, 4.69) is 0 Å². The SMILES string of the molecule is CC(C(=O)O)(c1ccccc1)C1(O)O[C@H](CO)[C@@H](O)[C@H](O)[C@H]1O. The number of aliphatic hydroxyl groups is 5. The van der Waals surface area contributed by atoms with Gasteiger partial charge in [-0.15, -0.1) is 0 Å². The molecular formula is C15H20O8. The normalized spacial score (nSPS) is 37.1. The molecule has 0 amide bonds. The Balaban J connectivity index is 2.59. The fraction of sp³-hybridized carbons (Fsp3) is 0.533. The van der Waals surface area contributed by atoms with Gasteiger partial charge in [0.05, 0.1) is 6.61 Å². The zero-order valence-corrected chi connectivity index (χ0v) is 12.4. The summed E-state index contributed by atoms with van der Waals surface area (Å²) in [4.78, 5) is 11.9. The van der Waals surface area contributed by atoms with Crippen molar-refractivity contribution in [1.29, 1.82) is 0 Å². The van der Waals surface area contributed by atoms with Gasteiger partial charge in [0.15, 0.2) is 0 Å². The van der Waals surface area contributed by atoms with Crippen molar-refractivity contribution in [2.75, 3.05) is 6.61 Å². The Hall–Kier alpha value is -1.55. The molecule has 8 nitrogen and oxygen atoms in total. The van der Waals surface area contributed by atoms with Gasteiger partial charge < -0.3 is 35.4 Å². The predicted octanol–water partition coefficient (Wildman–Crippen LogP) is -1.81. The van der Waals surface area contributed by atoms with Crippen LogP contribution < -0.4 is 0 Å². The van der Waals surface area contributed by atoms with E-state index < -0.39 is 48.2 Å². The molecule has 0 spiro atoms. The van der Waals surface area contributed by atoms with Crippen LogP contribution in [0.4, 0.5) is 0 Å². The number of rotatable bonds is 4. The second-order valence-electron chi connectivity index (χ2n) is 5.76. The molecule has 1 heterocycles. The molecule has 8 heteroatoms. The van der Waals surface area contributed by atoms with Crippen LogP contribution in [0.3, 0.4) is 0 Å². The van der Waals surface area contributed by atoms with Crippen LogP contribution in [0.1, 0.15) is 12.5 Å². The molecule has 6 N–H and O–H groups in total. The van der Waals surface area contributed by atoms with Crippen molar-refractivity contribution in [1.82, 2.24) is 0 Å². The molecule has 0 bridgehead atoms. The monoisotopic (exact) mass is 328 g/mol. The molecule has 128 valence electrons. The van der Waals surface area contributed by atoms with Crippen molar-refractivity contribution >= 4 is 5.97 Å². The van der Waals surface area contributed by atoms with Crippen LogP contribution in [-0.2, 0) is 14.9 Å². The van der Waals surface area contributed by atoms with Crippen molar-refractivity contribution < 1.29 is 40.2 Å². The molecule has 0 aliphatic carbocycles. The Labute approximate surface area is 132 Å². The van der Waals surface area contributed by atoms with E-state index in [9.17, 15) is 35.4 Å². The van der Waals surface area contributed by atoms with Crippen molar-refractivity contribution in [3.8, 4) is 0 Å².